The molecule has 0 atom stereocenters. The lowest BCUT2D eigenvalue weighted by Crippen LogP contribution is -2.43. The summed E-state index contributed by atoms with van der Waals surface area (Å²) < 4.78 is 18.2. The number of anilines is 2. The molecule has 3 rings (SSSR count). The van der Waals surface area contributed by atoms with Crippen molar-refractivity contribution in [2.75, 3.05) is 23.4 Å². The molecule has 0 spiro atoms. The fourth-order valence-corrected chi connectivity index (χ4v) is 2.36. The Morgan fingerprint density at radius 3 is 2.74 bits per heavy atom. The number of ether oxygens (including phenoxy) is 1. The molecule has 118 valence electrons. The molecule has 0 saturated carbocycles. The first-order chi connectivity index (χ1) is 11.0. The predicted molar refractivity (Wildman–Crippen MR) is 84.1 cm³/mol. The second kappa shape index (κ2) is 6.08. The molecule has 0 fully saturated rings. The first-order valence-corrected chi connectivity index (χ1v) is 7.12. The topological polar surface area (TPSA) is 58.6 Å². The van der Waals surface area contributed by atoms with Crippen LogP contribution in [-0.4, -0.2) is 25.0 Å². The molecule has 2 amide bonds. The van der Waals surface area contributed by atoms with Gasteiger partial charge in [0.15, 0.2) is 6.61 Å². The summed E-state index contributed by atoms with van der Waals surface area (Å²) in [4.78, 5) is 25.6. The van der Waals surface area contributed by atoms with E-state index in [1.54, 1.807) is 12.1 Å². The Labute approximate surface area is 132 Å². The zero-order valence-corrected chi connectivity index (χ0v) is 12.5. The van der Waals surface area contributed by atoms with Crippen LogP contribution >= 0.6 is 0 Å². The molecule has 6 heteroatoms. The minimum Gasteiger partial charge on any atom is -0.482 e. The van der Waals surface area contributed by atoms with Crippen LogP contribution in [0.25, 0.3) is 0 Å². The third kappa shape index (κ3) is 3.31. The van der Waals surface area contributed by atoms with Gasteiger partial charge in [0.1, 0.15) is 18.1 Å². The molecule has 2 aromatic rings. The van der Waals surface area contributed by atoms with Crippen molar-refractivity contribution in [1.29, 1.82) is 0 Å². The molecule has 23 heavy (non-hydrogen) atoms. The summed E-state index contributed by atoms with van der Waals surface area (Å²) in [5.74, 6) is -0.447. The van der Waals surface area contributed by atoms with E-state index < -0.39 is 0 Å². The number of rotatable bonds is 3. The predicted octanol–water partition coefficient (Wildman–Crippen LogP) is 2.50. The Morgan fingerprint density at radius 1 is 1.26 bits per heavy atom. The van der Waals surface area contributed by atoms with E-state index in [1.165, 1.54) is 29.2 Å². The van der Waals surface area contributed by atoms with Crippen molar-refractivity contribution in [3.63, 3.8) is 0 Å². The number of benzene rings is 2. The number of fused-ring (bicyclic) bond motifs is 1. The van der Waals surface area contributed by atoms with Crippen LogP contribution in [0.1, 0.15) is 5.56 Å². The molecule has 0 aliphatic carbocycles. The fraction of sp³-hybridized carbons (Fsp3) is 0.176. The number of carbonyl (C=O) groups excluding carboxylic acids is 2. The molecule has 0 unspecified atom stereocenters. The van der Waals surface area contributed by atoms with E-state index in [2.05, 4.69) is 5.32 Å². The van der Waals surface area contributed by atoms with Gasteiger partial charge in [0.25, 0.3) is 5.91 Å². The molecular formula is C17H15FN2O3. The molecular weight excluding hydrogens is 299 g/mol. The van der Waals surface area contributed by atoms with Crippen molar-refractivity contribution in [2.45, 2.75) is 6.92 Å². The Morgan fingerprint density at radius 2 is 2.00 bits per heavy atom. The van der Waals surface area contributed by atoms with Crippen molar-refractivity contribution in [1.82, 2.24) is 0 Å². The van der Waals surface area contributed by atoms with Crippen molar-refractivity contribution in [3.8, 4) is 5.75 Å². The van der Waals surface area contributed by atoms with Gasteiger partial charge in [-0.2, -0.15) is 0 Å². The van der Waals surface area contributed by atoms with Gasteiger partial charge in [-0.25, -0.2) is 4.39 Å². The van der Waals surface area contributed by atoms with E-state index in [4.69, 9.17) is 4.74 Å². The van der Waals surface area contributed by atoms with E-state index >= 15 is 0 Å². The highest BCUT2D eigenvalue weighted by molar-refractivity contribution is 6.05. The number of aryl methyl sites for hydroxylation is 1. The number of amides is 2. The van der Waals surface area contributed by atoms with E-state index in [0.717, 1.165) is 5.56 Å². The zero-order chi connectivity index (χ0) is 16.4. The highest BCUT2D eigenvalue weighted by Crippen LogP contribution is 2.32. The summed E-state index contributed by atoms with van der Waals surface area (Å²) in [7, 11) is 0. The van der Waals surface area contributed by atoms with Gasteiger partial charge in [-0.3, -0.25) is 14.5 Å². The van der Waals surface area contributed by atoms with E-state index in [0.29, 0.717) is 17.1 Å². The maximum atomic E-state index is 12.9. The number of nitrogens with zero attached hydrogens (tertiary/aromatic N) is 1. The van der Waals surface area contributed by atoms with Gasteiger partial charge in [-0.15, -0.1) is 0 Å². The monoisotopic (exact) mass is 314 g/mol. The largest absolute Gasteiger partial charge is 0.482 e. The standard InChI is InChI=1S/C17H15FN2O3/c1-11-2-7-15-14(8-11)20(17(22)10-23-15)9-16(21)19-13-5-3-12(18)4-6-13/h2-8H,9-10H2,1H3,(H,19,21). The lowest BCUT2D eigenvalue weighted by Gasteiger charge is -2.29. The first-order valence-electron chi connectivity index (χ1n) is 7.12. The van der Waals surface area contributed by atoms with Crippen LogP contribution in [0.4, 0.5) is 15.8 Å². The van der Waals surface area contributed by atoms with Crippen molar-refractivity contribution >= 4 is 23.2 Å². The highest BCUT2D eigenvalue weighted by Gasteiger charge is 2.27. The van der Waals surface area contributed by atoms with E-state index in [1.807, 2.05) is 13.0 Å². The Kier molecular flexibility index (Phi) is 3.97. The molecule has 0 saturated heterocycles. The zero-order valence-electron chi connectivity index (χ0n) is 12.5. The molecule has 0 aromatic heterocycles. The summed E-state index contributed by atoms with van der Waals surface area (Å²) >= 11 is 0. The van der Waals surface area contributed by atoms with Crippen LogP contribution in [0.15, 0.2) is 42.5 Å². The van der Waals surface area contributed by atoms with Gasteiger partial charge in [-0.1, -0.05) is 6.07 Å². The van der Waals surface area contributed by atoms with Crippen LogP contribution < -0.4 is 15.0 Å². The Hall–Kier alpha value is -2.89. The molecule has 1 aliphatic heterocycles. The van der Waals surface area contributed by atoms with Crippen molar-refractivity contribution in [3.05, 3.63) is 53.8 Å². The summed E-state index contributed by atoms with van der Waals surface area (Å²) in [6, 6.07) is 10.9. The third-order valence-electron chi connectivity index (χ3n) is 3.49. The van der Waals surface area contributed by atoms with Crippen LogP contribution in [0, 0.1) is 12.7 Å². The van der Waals surface area contributed by atoms with Gasteiger partial charge >= 0.3 is 0 Å². The second-order valence-electron chi connectivity index (χ2n) is 5.29. The highest BCUT2D eigenvalue weighted by atomic mass is 19.1. The average Bonchev–Trinajstić information content (AvgIpc) is 2.52. The van der Waals surface area contributed by atoms with Gasteiger partial charge in [0.05, 0.1) is 5.69 Å². The molecule has 1 aliphatic rings. The van der Waals surface area contributed by atoms with Crippen LogP contribution in [0.3, 0.4) is 0 Å². The molecule has 1 N–H and O–H groups in total. The Balaban J connectivity index is 1.76. The van der Waals surface area contributed by atoms with Gasteiger partial charge < -0.3 is 10.1 Å². The molecule has 5 nitrogen and oxygen atoms in total. The maximum Gasteiger partial charge on any atom is 0.265 e. The molecule has 2 aromatic carbocycles. The van der Waals surface area contributed by atoms with E-state index in [9.17, 15) is 14.0 Å². The summed E-state index contributed by atoms with van der Waals surface area (Å²) in [6.45, 7) is 1.67. The summed E-state index contributed by atoms with van der Waals surface area (Å²) in [6.07, 6.45) is 0. The Bertz CT molecular complexity index is 759. The van der Waals surface area contributed by atoms with Gasteiger partial charge in [-0.05, 0) is 48.9 Å². The van der Waals surface area contributed by atoms with Crippen LogP contribution in [0.2, 0.25) is 0 Å². The number of nitrogens with one attached hydrogen (secondary N) is 1. The fourth-order valence-electron chi connectivity index (χ4n) is 2.36. The van der Waals surface area contributed by atoms with Crippen LogP contribution in [0.5, 0.6) is 5.75 Å². The minimum absolute atomic E-state index is 0.0973. The molecule has 0 radical (unpaired) electrons. The normalized spacial score (nSPS) is 13.3. The third-order valence-corrected chi connectivity index (χ3v) is 3.49. The molecule has 1 heterocycles. The van der Waals surface area contributed by atoms with Crippen molar-refractivity contribution < 1.29 is 18.7 Å². The number of carbonyl (C=O) groups is 2. The summed E-state index contributed by atoms with van der Waals surface area (Å²) in [5, 5.41) is 2.64. The number of hydrogen-bond acceptors (Lipinski definition) is 3. The van der Waals surface area contributed by atoms with Crippen molar-refractivity contribution in [2.24, 2.45) is 0 Å². The quantitative estimate of drug-likeness (QED) is 0.947. The second-order valence-corrected chi connectivity index (χ2v) is 5.29. The number of halogens is 1. The average molecular weight is 314 g/mol. The summed E-state index contributed by atoms with van der Waals surface area (Å²) in [5.41, 5.74) is 2.02. The lowest BCUT2D eigenvalue weighted by atomic mass is 10.1. The van der Waals surface area contributed by atoms with E-state index in [-0.39, 0.29) is 30.8 Å². The lowest BCUT2D eigenvalue weighted by molar-refractivity contribution is -0.123. The van der Waals surface area contributed by atoms with Crippen LogP contribution in [-0.2, 0) is 9.59 Å². The van der Waals surface area contributed by atoms with Gasteiger partial charge in [0.2, 0.25) is 5.91 Å². The maximum absolute atomic E-state index is 12.9. The SMILES string of the molecule is Cc1ccc2c(c1)N(CC(=O)Nc1ccc(F)cc1)C(=O)CO2. The molecule has 0 bridgehead atoms. The van der Waals surface area contributed by atoms with Gasteiger partial charge in [0, 0.05) is 5.69 Å². The first kappa shape index (κ1) is 15.0. The number of hydrogen-bond donors (Lipinski definition) is 1. The smallest absolute Gasteiger partial charge is 0.265 e. The minimum atomic E-state index is -0.379.